The van der Waals surface area contributed by atoms with Gasteiger partial charge in [-0.1, -0.05) is 12.1 Å². The van der Waals surface area contributed by atoms with E-state index in [1.807, 2.05) is 6.07 Å². The van der Waals surface area contributed by atoms with E-state index in [1.54, 1.807) is 18.2 Å². The summed E-state index contributed by atoms with van der Waals surface area (Å²) in [4.78, 5) is 22.5. The van der Waals surface area contributed by atoms with E-state index < -0.39 is 10.8 Å². The van der Waals surface area contributed by atoms with Crippen LogP contribution >= 0.6 is 0 Å². The number of rotatable bonds is 3. The number of hydrogen-bond acceptors (Lipinski definition) is 4. The van der Waals surface area contributed by atoms with E-state index in [4.69, 9.17) is 5.26 Å². The van der Waals surface area contributed by atoms with Crippen molar-refractivity contribution in [1.82, 2.24) is 0 Å². The van der Waals surface area contributed by atoms with Gasteiger partial charge in [-0.2, -0.15) is 5.26 Å². The van der Waals surface area contributed by atoms with E-state index in [0.717, 1.165) is 0 Å². The molecule has 0 saturated heterocycles. The molecule has 2 aromatic rings. The lowest BCUT2D eigenvalue weighted by atomic mass is 10.1. The van der Waals surface area contributed by atoms with Crippen LogP contribution in [0.1, 0.15) is 21.5 Å². The van der Waals surface area contributed by atoms with Crippen molar-refractivity contribution in [2.75, 3.05) is 5.32 Å². The number of nitro benzene ring substituents is 1. The first-order valence-electron chi connectivity index (χ1n) is 6.08. The minimum atomic E-state index is -0.525. The molecule has 0 spiro atoms. The van der Waals surface area contributed by atoms with Crippen LogP contribution in [0.5, 0.6) is 0 Å². The van der Waals surface area contributed by atoms with Gasteiger partial charge in [0.25, 0.3) is 11.6 Å². The Morgan fingerprint density at radius 1 is 1.29 bits per heavy atom. The van der Waals surface area contributed by atoms with Crippen LogP contribution in [0.15, 0.2) is 42.5 Å². The Bertz CT molecular complexity index is 763. The lowest BCUT2D eigenvalue weighted by Crippen LogP contribution is -2.14. The predicted octanol–water partition coefficient (Wildman–Crippen LogP) is 3.03. The fourth-order valence-electron chi connectivity index (χ4n) is 1.93. The second-order valence-corrected chi connectivity index (χ2v) is 4.35. The smallest absolute Gasteiger partial charge is 0.273 e. The van der Waals surface area contributed by atoms with Crippen molar-refractivity contribution < 1.29 is 9.72 Å². The van der Waals surface area contributed by atoms with Crippen molar-refractivity contribution >= 4 is 17.3 Å². The van der Waals surface area contributed by atoms with Crippen molar-refractivity contribution in [2.45, 2.75) is 6.92 Å². The average molecular weight is 281 g/mol. The van der Waals surface area contributed by atoms with E-state index in [0.29, 0.717) is 16.8 Å². The van der Waals surface area contributed by atoms with Crippen molar-refractivity contribution in [3.63, 3.8) is 0 Å². The molecule has 0 heterocycles. The van der Waals surface area contributed by atoms with Gasteiger partial charge in [0.1, 0.15) is 0 Å². The number of anilines is 1. The Hall–Kier alpha value is -3.20. The van der Waals surface area contributed by atoms with Gasteiger partial charge in [0.05, 0.1) is 16.6 Å². The Labute approximate surface area is 120 Å². The molecule has 1 amide bonds. The average Bonchev–Trinajstić information content (AvgIpc) is 2.47. The molecule has 0 bridgehead atoms. The van der Waals surface area contributed by atoms with Crippen molar-refractivity contribution in [3.05, 3.63) is 69.3 Å². The predicted molar refractivity (Wildman–Crippen MR) is 76.9 cm³/mol. The fraction of sp³-hybridized carbons (Fsp3) is 0.0667. The number of nitro groups is 1. The summed E-state index contributed by atoms with van der Waals surface area (Å²) in [5.41, 5.74) is 1.31. The van der Waals surface area contributed by atoms with E-state index >= 15 is 0 Å². The van der Waals surface area contributed by atoms with Gasteiger partial charge in [0.2, 0.25) is 0 Å². The maximum atomic E-state index is 12.2. The van der Waals surface area contributed by atoms with Crippen molar-refractivity contribution in [1.29, 1.82) is 5.26 Å². The van der Waals surface area contributed by atoms with Crippen LogP contribution < -0.4 is 5.32 Å². The third-order valence-electron chi connectivity index (χ3n) is 3.00. The molecule has 0 fully saturated rings. The molecule has 2 rings (SSSR count). The SMILES string of the molecule is Cc1c(C(=O)Nc2cccc(C#N)c2)cccc1[N+](=O)[O-]. The minimum absolute atomic E-state index is 0.103. The molecule has 0 unspecified atom stereocenters. The summed E-state index contributed by atoms with van der Waals surface area (Å²) in [5, 5.41) is 22.3. The third kappa shape index (κ3) is 3.04. The largest absolute Gasteiger partial charge is 0.322 e. The second kappa shape index (κ2) is 5.84. The van der Waals surface area contributed by atoms with Gasteiger partial charge in [-0.05, 0) is 31.2 Å². The number of carbonyl (C=O) groups is 1. The highest BCUT2D eigenvalue weighted by atomic mass is 16.6. The first kappa shape index (κ1) is 14.2. The number of benzene rings is 2. The molecule has 0 radical (unpaired) electrons. The zero-order chi connectivity index (χ0) is 15.4. The highest BCUT2D eigenvalue weighted by molar-refractivity contribution is 6.05. The first-order valence-corrected chi connectivity index (χ1v) is 6.08. The molecule has 1 N–H and O–H groups in total. The molecule has 21 heavy (non-hydrogen) atoms. The summed E-state index contributed by atoms with van der Waals surface area (Å²) in [5.74, 6) is -0.453. The van der Waals surface area contributed by atoms with Crippen LogP contribution in [0.3, 0.4) is 0 Å². The molecule has 6 nitrogen and oxygen atoms in total. The molecule has 0 aromatic heterocycles. The highest BCUT2D eigenvalue weighted by Gasteiger charge is 2.17. The molecular weight excluding hydrogens is 270 g/mol. The summed E-state index contributed by atoms with van der Waals surface area (Å²) < 4.78 is 0. The molecule has 2 aromatic carbocycles. The fourth-order valence-corrected chi connectivity index (χ4v) is 1.93. The highest BCUT2D eigenvalue weighted by Crippen LogP contribution is 2.22. The van der Waals surface area contributed by atoms with Crippen LogP contribution in [-0.2, 0) is 0 Å². The van der Waals surface area contributed by atoms with Gasteiger partial charge in [0, 0.05) is 22.9 Å². The number of carbonyl (C=O) groups excluding carboxylic acids is 1. The molecular formula is C15H11N3O3. The van der Waals surface area contributed by atoms with Crippen LogP contribution in [0, 0.1) is 28.4 Å². The zero-order valence-electron chi connectivity index (χ0n) is 11.2. The molecule has 6 heteroatoms. The standard InChI is InChI=1S/C15H11N3O3/c1-10-13(6-3-7-14(10)18(20)21)15(19)17-12-5-2-4-11(8-12)9-16/h2-8H,1H3,(H,17,19). The summed E-state index contributed by atoms with van der Waals surface area (Å²) in [6, 6.07) is 12.8. The molecule has 0 aliphatic rings. The number of nitrogens with zero attached hydrogens (tertiary/aromatic N) is 2. The Balaban J connectivity index is 2.31. The molecule has 0 aliphatic carbocycles. The lowest BCUT2D eigenvalue weighted by Gasteiger charge is -2.08. The normalized spacial score (nSPS) is 9.71. The topological polar surface area (TPSA) is 96.0 Å². The second-order valence-electron chi connectivity index (χ2n) is 4.35. The molecule has 0 saturated carbocycles. The van der Waals surface area contributed by atoms with Gasteiger partial charge in [-0.3, -0.25) is 14.9 Å². The van der Waals surface area contributed by atoms with E-state index in [9.17, 15) is 14.9 Å². The quantitative estimate of drug-likeness (QED) is 0.690. The van der Waals surface area contributed by atoms with Gasteiger partial charge < -0.3 is 5.32 Å². The number of nitriles is 1. The maximum absolute atomic E-state index is 12.2. The lowest BCUT2D eigenvalue weighted by molar-refractivity contribution is -0.385. The Kier molecular flexibility index (Phi) is 3.95. The summed E-state index contributed by atoms with van der Waals surface area (Å²) in [7, 11) is 0. The zero-order valence-corrected chi connectivity index (χ0v) is 11.2. The van der Waals surface area contributed by atoms with Crippen LogP contribution in [0.2, 0.25) is 0 Å². The first-order chi connectivity index (χ1) is 10.0. The Morgan fingerprint density at radius 3 is 2.67 bits per heavy atom. The number of nitrogens with one attached hydrogen (secondary N) is 1. The van der Waals surface area contributed by atoms with Crippen molar-refractivity contribution in [3.8, 4) is 6.07 Å². The van der Waals surface area contributed by atoms with Gasteiger partial charge in [-0.15, -0.1) is 0 Å². The number of hydrogen-bond donors (Lipinski definition) is 1. The summed E-state index contributed by atoms with van der Waals surface area (Å²) in [6.07, 6.45) is 0. The molecule has 0 aliphatic heterocycles. The van der Waals surface area contributed by atoms with Gasteiger partial charge in [0.15, 0.2) is 0 Å². The Morgan fingerprint density at radius 2 is 2.00 bits per heavy atom. The van der Waals surface area contributed by atoms with Crippen LogP contribution in [0.4, 0.5) is 11.4 Å². The van der Waals surface area contributed by atoms with E-state index in [2.05, 4.69) is 5.32 Å². The van der Waals surface area contributed by atoms with Gasteiger partial charge >= 0.3 is 0 Å². The third-order valence-corrected chi connectivity index (χ3v) is 3.00. The van der Waals surface area contributed by atoms with Gasteiger partial charge in [-0.25, -0.2) is 0 Å². The van der Waals surface area contributed by atoms with Crippen LogP contribution in [0.25, 0.3) is 0 Å². The van der Waals surface area contributed by atoms with E-state index in [1.165, 1.54) is 31.2 Å². The molecule has 104 valence electrons. The maximum Gasteiger partial charge on any atom is 0.273 e. The summed E-state index contributed by atoms with van der Waals surface area (Å²) in [6.45, 7) is 1.53. The monoisotopic (exact) mass is 281 g/mol. The summed E-state index contributed by atoms with van der Waals surface area (Å²) >= 11 is 0. The minimum Gasteiger partial charge on any atom is -0.322 e. The molecule has 0 atom stereocenters. The van der Waals surface area contributed by atoms with Crippen molar-refractivity contribution in [2.24, 2.45) is 0 Å². The van der Waals surface area contributed by atoms with Crippen LogP contribution in [-0.4, -0.2) is 10.8 Å². The number of amides is 1. The van der Waals surface area contributed by atoms with E-state index in [-0.39, 0.29) is 11.3 Å².